The van der Waals surface area contributed by atoms with Gasteiger partial charge in [-0.05, 0) is 18.2 Å². The van der Waals surface area contributed by atoms with Gasteiger partial charge in [0.1, 0.15) is 0 Å². The Hall–Kier alpha value is -2.23. The average Bonchev–Trinajstić information content (AvgIpc) is 3.00. The van der Waals surface area contributed by atoms with Crippen molar-refractivity contribution in [3.8, 4) is 11.5 Å². The van der Waals surface area contributed by atoms with Gasteiger partial charge in [0.2, 0.25) is 0 Å². The van der Waals surface area contributed by atoms with Crippen molar-refractivity contribution in [2.24, 2.45) is 0 Å². The molecule has 6 nitrogen and oxygen atoms in total. The van der Waals surface area contributed by atoms with Gasteiger partial charge in [0.05, 0.1) is 22.4 Å². The molecule has 0 unspecified atom stereocenters. The van der Waals surface area contributed by atoms with E-state index in [0.29, 0.717) is 23.0 Å². The first-order chi connectivity index (χ1) is 12.8. The zero-order valence-electron chi connectivity index (χ0n) is 14.4. The standard InChI is InChI=1S/C17H17ClF2N2O4S/c1-3-6-21(10-12-4-5-16(18)27-12)9-11-7-14(25-2)15(26-17(19)20)8-13(11)22(23)24/h3-5,7-8,17H,1,6,9-10H2,2H3. The Bertz CT molecular complexity index is 816. The summed E-state index contributed by atoms with van der Waals surface area (Å²) in [7, 11) is 1.28. The molecule has 146 valence electrons. The molecule has 0 aliphatic carbocycles. The largest absolute Gasteiger partial charge is 0.493 e. The molecular weight excluding hydrogens is 402 g/mol. The highest BCUT2D eigenvalue weighted by Gasteiger charge is 2.23. The van der Waals surface area contributed by atoms with Crippen molar-refractivity contribution in [2.45, 2.75) is 19.7 Å². The van der Waals surface area contributed by atoms with Gasteiger partial charge in [0.25, 0.3) is 5.69 Å². The summed E-state index contributed by atoms with van der Waals surface area (Å²) in [5.74, 6) is -0.392. The fourth-order valence-electron chi connectivity index (χ4n) is 2.50. The minimum Gasteiger partial charge on any atom is -0.493 e. The van der Waals surface area contributed by atoms with E-state index in [1.54, 1.807) is 12.1 Å². The summed E-state index contributed by atoms with van der Waals surface area (Å²) in [6.07, 6.45) is 1.67. The van der Waals surface area contributed by atoms with Gasteiger partial charge in [-0.2, -0.15) is 8.78 Å². The van der Waals surface area contributed by atoms with Gasteiger partial charge in [-0.15, -0.1) is 17.9 Å². The quantitative estimate of drug-likeness (QED) is 0.305. The highest BCUT2D eigenvalue weighted by Crippen LogP contribution is 2.36. The molecule has 0 bridgehead atoms. The van der Waals surface area contributed by atoms with Crippen molar-refractivity contribution >= 4 is 28.6 Å². The van der Waals surface area contributed by atoms with E-state index in [4.69, 9.17) is 16.3 Å². The lowest BCUT2D eigenvalue weighted by molar-refractivity contribution is -0.385. The fourth-order valence-corrected chi connectivity index (χ4v) is 3.63. The summed E-state index contributed by atoms with van der Waals surface area (Å²) in [5.41, 5.74) is -0.0207. The number of benzene rings is 1. The van der Waals surface area contributed by atoms with Gasteiger partial charge < -0.3 is 9.47 Å². The van der Waals surface area contributed by atoms with Crippen LogP contribution in [-0.4, -0.2) is 30.1 Å². The summed E-state index contributed by atoms with van der Waals surface area (Å²) >= 11 is 7.35. The molecule has 1 aromatic carbocycles. The number of nitro groups is 1. The summed E-state index contributed by atoms with van der Waals surface area (Å²) in [4.78, 5) is 13.7. The van der Waals surface area contributed by atoms with Crippen LogP contribution in [0.1, 0.15) is 10.4 Å². The third-order valence-electron chi connectivity index (χ3n) is 3.57. The molecule has 27 heavy (non-hydrogen) atoms. The van der Waals surface area contributed by atoms with Crippen molar-refractivity contribution in [3.05, 3.63) is 61.8 Å². The van der Waals surface area contributed by atoms with Gasteiger partial charge >= 0.3 is 6.61 Å². The maximum absolute atomic E-state index is 12.5. The molecular formula is C17H17ClF2N2O4S. The molecule has 1 aromatic heterocycles. The second-order valence-corrected chi connectivity index (χ2v) is 7.23. The predicted octanol–water partition coefficient (Wildman–Crippen LogP) is 5.11. The monoisotopic (exact) mass is 418 g/mol. The van der Waals surface area contributed by atoms with Gasteiger partial charge in [-0.1, -0.05) is 17.7 Å². The number of hydrogen-bond donors (Lipinski definition) is 0. The van der Waals surface area contributed by atoms with E-state index < -0.39 is 11.5 Å². The highest BCUT2D eigenvalue weighted by molar-refractivity contribution is 7.16. The maximum Gasteiger partial charge on any atom is 0.387 e. The molecule has 0 atom stereocenters. The summed E-state index contributed by atoms with van der Waals surface area (Å²) < 4.78 is 35.1. The smallest absolute Gasteiger partial charge is 0.387 e. The first-order valence-corrected chi connectivity index (χ1v) is 8.91. The molecule has 0 radical (unpaired) electrons. The first kappa shape index (κ1) is 21.1. The van der Waals surface area contributed by atoms with Gasteiger partial charge in [0, 0.05) is 30.1 Å². The molecule has 0 aliphatic heterocycles. The van der Waals surface area contributed by atoms with Crippen LogP contribution in [0, 0.1) is 10.1 Å². The number of ether oxygens (including phenoxy) is 2. The zero-order valence-corrected chi connectivity index (χ0v) is 15.9. The Labute approximate surface area is 163 Å². The molecule has 2 rings (SSSR count). The number of nitrogens with zero attached hydrogens (tertiary/aromatic N) is 2. The lowest BCUT2D eigenvalue weighted by atomic mass is 10.1. The van der Waals surface area contributed by atoms with Crippen LogP contribution in [0.2, 0.25) is 4.34 Å². The van der Waals surface area contributed by atoms with Crippen molar-refractivity contribution in [1.82, 2.24) is 4.90 Å². The van der Waals surface area contributed by atoms with E-state index in [1.807, 2.05) is 11.0 Å². The number of thiophene rings is 1. The third-order valence-corrected chi connectivity index (χ3v) is 4.78. The normalized spacial score (nSPS) is 11.0. The van der Waals surface area contributed by atoms with Crippen LogP contribution < -0.4 is 9.47 Å². The Balaban J connectivity index is 2.35. The van der Waals surface area contributed by atoms with E-state index in [9.17, 15) is 18.9 Å². The summed E-state index contributed by atoms with van der Waals surface area (Å²) in [6, 6.07) is 5.94. The van der Waals surface area contributed by atoms with Crippen LogP contribution in [0.25, 0.3) is 0 Å². The minimum absolute atomic E-state index is 0.00591. The lowest BCUT2D eigenvalue weighted by Gasteiger charge is -2.21. The number of nitro benzene ring substituents is 1. The maximum atomic E-state index is 12.5. The molecule has 0 saturated heterocycles. The Morgan fingerprint density at radius 2 is 2.11 bits per heavy atom. The topological polar surface area (TPSA) is 64.8 Å². The van der Waals surface area contributed by atoms with Crippen molar-refractivity contribution in [1.29, 1.82) is 0 Å². The van der Waals surface area contributed by atoms with Gasteiger partial charge in [-0.25, -0.2) is 0 Å². The number of alkyl halides is 2. The summed E-state index contributed by atoms with van der Waals surface area (Å²) in [6.45, 7) is 1.73. The Morgan fingerprint density at radius 3 is 2.63 bits per heavy atom. The van der Waals surface area contributed by atoms with E-state index in [0.717, 1.165) is 10.9 Å². The van der Waals surface area contributed by atoms with Crippen LogP contribution >= 0.6 is 22.9 Å². The fraction of sp³-hybridized carbons (Fsp3) is 0.294. The molecule has 0 saturated carbocycles. The SMILES string of the molecule is C=CCN(Cc1ccc(Cl)s1)Cc1cc(OC)c(OC(F)F)cc1[N+](=O)[O-]. The van der Waals surface area contributed by atoms with Crippen LogP contribution in [0.3, 0.4) is 0 Å². The van der Waals surface area contributed by atoms with Crippen molar-refractivity contribution < 1.29 is 23.2 Å². The van der Waals surface area contributed by atoms with Crippen LogP contribution in [-0.2, 0) is 13.1 Å². The van der Waals surface area contributed by atoms with Crippen LogP contribution in [0.5, 0.6) is 11.5 Å². The first-order valence-electron chi connectivity index (χ1n) is 7.71. The molecule has 0 N–H and O–H groups in total. The molecule has 1 heterocycles. The minimum atomic E-state index is -3.12. The van der Waals surface area contributed by atoms with Crippen LogP contribution in [0.15, 0.2) is 36.9 Å². The third kappa shape index (κ3) is 5.88. The van der Waals surface area contributed by atoms with E-state index in [1.165, 1.54) is 24.5 Å². The second kappa shape index (κ2) is 9.63. The Morgan fingerprint density at radius 1 is 1.37 bits per heavy atom. The lowest BCUT2D eigenvalue weighted by Crippen LogP contribution is -2.23. The Kier molecular flexibility index (Phi) is 7.52. The van der Waals surface area contributed by atoms with Crippen molar-refractivity contribution in [2.75, 3.05) is 13.7 Å². The van der Waals surface area contributed by atoms with Gasteiger partial charge in [0.15, 0.2) is 11.5 Å². The number of halogens is 3. The molecule has 0 aliphatic rings. The number of hydrogen-bond acceptors (Lipinski definition) is 6. The number of rotatable bonds is 10. The van der Waals surface area contributed by atoms with E-state index in [-0.39, 0.29) is 23.7 Å². The molecule has 0 amide bonds. The van der Waals surface area contributed by atoms with Crippen LogP contribution in [0.4, 0.5) is 14.5 Å². The molecule has 0 spiro atoms. The van der Waals surface area contributed by atoms with Crippen molar-refractivity contribution in [3.63, 3.8) is 0 Å². The predicted molar refractivity (Wildman–Crippen MR) is 99.9 cm³/mol. The zero-order chi connectivity index (χ0) is 20.0. The molecule has 2 aromatic rings. The van der Waals surface area contributed by atoms with Gasteiger partial charge in [-0.3, -0.25) is 15.0 Å². The highest BCUT2D eigenvalue weighted by atomic mass is 35.5. The molecule has 10 heteroatoms. The van der Waals surface area contributed by atoms with E-state index >= 15 is 0 Å². The summed E-state index contributed by atoms with van der Waals surface area (Å²) in [5, 5.41) is 11.4. The van der Waals surface area contributed by atoms with E-state index in [2.05, 4.69) is 11.3 Å². The molecule has 0 fully saturated rings. The number of methoxy groups -OCH3 is 1. The average molecular weight is 419 g/mol. The second-order valence-electron chi connectivity index (χ2n) is 5.43.